The highest BCUT2D eigenvalue weighted by Crippen LogP contribution is 2.47. The number of fused-ring (bicyclic) bond motifs is 3. The molecule has 256 valence electrons. The normalized spacial score (nSPS) is 15.8. The van der Waals surface area contributed by atoms with E-state index in [9.17, 15) is 9.59 Å². The Bertz CT molecular complexity index is 2030. The highest BCUT2D eigenvalue weighted by molar-refractivity contribution is 6.09. The zero-order chi connectivity index (χ0) is 35.4. The number of ketones is 2. The number of para-hydroxylation sites is 2. The van der Waals surface area contributed by atoms with Gasteiger partial charge in [0, 0.05) is 28.7 Å². The van der Waals surface area contributed by atoms with E-state index in [4.69, 9.17) is 28.4 Å². The second-order valence-corrected chi connectivity index (χ2v) is 12.6. The summed E-state index contributed by atoms with van der Waals surface area (Å²) in [6, 6.07) is 20.1. The lowest BCUT2D eigenvalue weighted by Gasteiger charge is -2.34. The van der Waals surface area contributed by atoms with E-state index in [1.54, 1.807) is 77.0 Å². The van der Waals surface area contributed by atoms with Gasteiger partial charge in [0.15, 0.2) is 11.6 Å². The monoisotopic (exact) mass is 672 g/mol. The van der Waals surface area contributed by atoms with Crippen molar-refractivity contribution >= 4 is 29.8 Å². The number of hydrogen-bond donors (Lipinski definition) is 0. The van der Waals surface area contributed by atoms with Crippen molar-refractivity contribution in [2.45, 2.75) is 31.8 Å². The highest BCUT2D eigenvalue weighted by atomic mass is 16.5. The van der Waals surface area contributed by atoms with E-state index >= 15 is 0 Å². The molecule has 0 bridgehead atoms. The van der Waals surface area contributed by atoms with Gasteiger partial charge < -0.3 is 28.4 Å². The quantitative estimate of drug-likeness (QED) is 0.116. The van der Waals surface area contributed by atoms with Gasteiger partial charge in [-0.3, -0.25) is 9.59 Å². The topological polar surface area (TPSA) is 89.5 Å². The Balaban J connectivity index is 1.36. The lowest BCUT2D eigenvalue weighted by molar-refractivity contribution is 0.103. The van der Waals surface area contributed by atoms with Crippen LogP contribution in [0.25, 0.3) is 18.2 Å². The summed E-state index contributed by atoms with van der Waals surface area (Å²) in [7, 11) is 6.30. The molecule has 2 heterocycles. The first kappa shape index (κ1) is 34.1. The van der Waals surface area contributed by atoms with Crippen LogP contribution in [-0.2, 0) is 6.42 Å². The molecule has 0 saturated carbocycles. The summed E-state index contributed by atoms with van der Waals surface area (Å²) in [5, 5.41) is 0. The van der Waals surface area contributed by atoms with Crippen molar-refractivity contribution in [2.24, 2.45) is 0 Å². The number of ether oxygens (including phenoxy) is 6. The van der Waals surface area contributed by atoms with Gasteiger partial charge in [-0.25, -0.2) is 0 Å². The Morgan fingerprint density at radius 1 is 0.720 bits per heavy atom. The van der Waals surface area contributed by atoms with Gasteiger partial charge >= 0.3 is 0 Å². The van der Waals surface area contributed by atoms with Crippen LogP contribution in [0.4, 0.5) is 0 Å². The average molecular weight is 673 g/mol. The molecule has 6 rings (SSSR count). The number of rotatable bonds is 11. The third kappa shape index (κ3) is 6.87. The van der Waals surface area contributed by atoms with Crippen LogP contribution in [-0.4, -0.2) is 52.2 Å². The number of hydrogen-bond acceptors (Lipinski definition) is 8. The molecule has 8 heteroatoms. The molecule has 1 atom stereocenters. The van der Waals surface area contributed by atoms with Crippen molar-refractivity contribution in [1.82, 2.24) is 0 Å². The molecule has 0 aromatic heterocycles. The molecule has 0 N–H and O–H groups in total. The van der Waals surface area contributed by atoms with Crippen molar-refractivity contribution < 1.29 is 38.0 Å². The molecular formula is C42H40O8. The van der Waals surface area contributed by atoms with E-state index < -0.39 is 5.60 Å². The molecule has 0 spiro atoms. The smallest absolute Gasteiger partial charge is 0.189 e. The van der Waals surface area contributed by atoms with Crippen LogP contribution in [0.5, 0.6) is 34.5 Å². The summed E-state index contributed by atoms with van der Waals surface area (Å²) in [5.74, 6) is 3.20. The number of carbonyl (C=O) groups is 2. The Morgan fingerprint density at radius 3 is 1.90 bits per heavy atom. The minimum absolute atomic E-state index is 0.0876. The average Bonchev–Trinajstić information content (AvgIpc) is 3.14. The fourth-order valence-corrected chi connectivity index (χ4v) is 6.36. The number of benzene rings is 4. The summed E-state index contributed by atoms with van der Waals surface area (Å²) >= 11 is 0. The fourth-order valence-electron chi connectivity index (χ4n) is 6.36. The Hall–Kier alpha value is -5.76. The van der Waals surface area contributed by atoms with Crippen LogP contribution in [0.2, 0.25) is 0 Å². The van der Waals surface area contributed by atoms with E-state index in [1.807, 2.05) is 62.4 Å². The van der Waals surface area contributed by atoms with E-state index in [0.717, 1.165) is 33.6 Å². The van der Waals surface area contributed by atoms with Gasteiger partial charge in [-0.2, -0.15) is 0 Å². The minimum atomic E-state index is -0.541. The second-order valence-electron chi connectivity index (χ2n) is 12.6. The summed E-state index contributed by atoms with van der Waals surface area (Å²) in [5.41, 5.74) is 4.62. The Labute approximate surface area is 292 Å². The molecule has 4 aromatic carbocycles. The van der Waals surface area contributed by atoms with E-state index in [-0.39, 0.29) is 17.5 Å². The lowest BCUT2D eigenvalue weighted by Crippen LogP contribution is -2.29. The van der Waals surface area contributed by atoms with Crippen molar-refractivity contribution in [3.05, 3.63) is 124 Å². The Morgan fingerprint density at radius 2 is 1.30 bits per heavy atom. The van der Waals surface area contributed by atoms with Gasteiger partial charge in [0.05, 0.1) is 51.7 Å². The summed E-state index contributed by atoms with van der Waals surface area (Å²) in [6.45, 7) is 4.37. The van der Waals surface area contributed by atoms with Crippen LogP contribution in [0.1, 0.15) is 68.3 Å². The zero-order valence-electron chi connectivity index (χ0n) is 29.1. The largest absolute Gasteiger partial charge is 0.496 e. The van der Waals surface area contributed by atoms with Gasteiger partial charge in [0.2, 0.25) is 0 Å². The molecule has 0 fully saturated rings. The number of carbonyl (C=O) groups excluding carboxylic acids is 2. The molecule has 50 heavy (non-hydrogen) atoms. The van der Waals surface area contributed by atoms with Crippen LogP contribution in [0.15, 0.2) is 85.0 Å². The first-order chi connectivity index (χ1) is 24.2. The maximum absolute atomic E-state index is 13.3. The molecule has 0 unspecified atom stereocenters. The van der Waals surface area contributed by atoms with E-state index in [1.165, 1.54) is 6.08 Å². The molecule has 2 aliphatic rings. The number of allylic oxidation sites excluding steroid dienone is 2. The maximum Gasteiger partial charge on any atom is 0.189 e. The van der Waals surface area contributed by atoms with Gasteiger partial charge in [-0.05, 0) is 98.7 Å². The van der Waals surface area contributed by atoms with Crippen LogP contribution in [0, 0.1) is 0 Å². The fraction of sp³-hybridized carbons (Fsp3) is 0.238. The van der Waals surface area contributed by atoms with Crippen molar-refractivity contribution in [2.75, 3.05) is 35.0 Å². The van der Waals surface area contributed by atoms with Gasteiger partial charge in [0.25, 0.3) is 0 Å². The standard InChI is InChI=1S/C42H40O8/c1-42(2)20-19-32-40-28(21-27(41(32)50-42)16-18-35(44)31-12-8-10-14-37(31)46-4)22-29(25-49-40)33-23-26(38(47-5)24-39(33)48-6)15-17-34(43)30-11-7-9-13-36(30)45-3/h7-21,23-24,29H,22,25H2,1-6H3/b17-15+,18-16+/t29-/m0/s1. The van der Waals surface area contributed by atoms with Gasteiger partial charge in [-0.15, -0.1) is 0 Å². The first-order valence-corrected chi connectivity index (χ1v) is 16.3. The maximum atomic E-state index is 13.3. The van der Waals surface area contributed by atoms with E-state index in [0.29, 0.717) is 52.9 Å². The molecule has 0 radical (unpaired) electrons. The van der Waals surface area contributed by atoms with Crippen molar-refractivity contribution in [3.63, 3.8) is 0 Å². The third-order valence-corrected chi connectivity index (χ3v) is 8.88. The summed E-state index contributed by atoms with van der Waals surface area (Å²) in [4.78, 5) is 26.4. The van der Waals surface area contributed by atoms with E-state index in [2.05, 4.69) is 0 Å². The molecule has 0 aliphatic carbocycles. The van der Waals surface area contributed by atoms with Gasteiger partial charge in [0.1, 0.15) is 40.1 Å². The third-order valence-electron chi connectivity index (χ3n) is 8.88. The summed E-state index contributed by atoms with van der Waals surface area (Å²) < 4.78 is 35.3. The number of methoxy groups -OCH3 is 4. The first-order valence-electron chi connectivity index (χ1n) is 16.3. The SMILES string of the molecule is COc1cc(OC)c([C@@H]2COc3c(cc(/C=C/C(=O)c4ccccc4OC)c4c3C=CC(C)(C)O4)C2)cc1/C=C/C(=O)c1ccccc1OC. The predicted molar refractivity (Wildman–Crippen MR) is 194 cm³/mol. The highest BCUT2D eigenvalue weighted by Gasteiger charge is 2.32. The van der Waals surface area contributed by atoms with Crippen molar-refractivity contribution in [1.29, 1.82) is 0 Å². The lowest BCUT2D eigenvalue weighted by atomic mass is 9.85. The van der Waals surface area contributed by atoms with Crippen molar-refractivity contribution in [3.8, 4) is 34.5 Å². The molecule has 8 nitrogen and oxygen atoms in total. The van der Waals surface area contributed by atoms with Crippen LogP contribution >= 0.6 is 0 Å². The Kier molecular flexibility index (Phi) is 9.81. The minimum Gasteiger partial charge on any atom is -0.496 e. The summed E-state index contributed by atoms with van der Waals surface area (Å²) in [6.07, 6.45) is 11.3. The molecule has 0 amide bonds. The molecule has 2 aliphatic heterocycles. The molecule has 0 saturated heterocycles. The van der Waals surface area contributed by atoms with Crippen LogP contribution < -0.4 is 28.4 Å². The van der Waals surface area contributed by atoms with Gasteiger partial charge in [-0.1, -0.05) is 24.3 Å². The van der Waals surface area contributed by atoms with Crippen LogP contribution in [0.3, 0.4) is 0 Å². The second kappa shape index (κ2) is 14.4. The molecular weight excluding hydrogens is 632 g/mol. The molecule has 4 aromatic rings. The zero-order valence-corrected chi connectivity index (χ0v) is 29.1. The predicted octanol–water partition coefficient (Wildman–Crippen LogP) is 8.42.